The first kappa shape index (κ1) is 9.66. The fourth-order valence-electron chi connectivity index (χ4n) is 0.688. The lowest BCUT2D eigenvalue weighted by molar-refractivity contribution is 0.0544. The molecule has 0 amide bonds. The molecule has 0 aromatic carbocycles. The maximum Gasteiger partial charge on any atom is 0.0799 e. The lowest BCUT2D eigenvalue weighted by Crippen LogP contribution is -2.20. The number of allylic oxidation sites excluding steroid dienone is 2. The van der Waals surface area contributed by atoms with Crippen molar-refractivity contribution in [1.29, 1.82) is 0 Å². The Hall–Kier alpha value is -0.340. The van der Waals surface area contributed by atoms with E-state index in [4.69, 9.17) is 10.2 Å². The SMILES string of the molecule is CC=CC[C@@H](C)[C@@H](O)CO. The van der Waals surface area contributed by atoms with Crippen molar-refractivity contribution in [2.45, 2.75) is 26.4 Å². The molecule has 2 heteroatoms. The standard InChI is InChI=1S/C8H16O2/c1-3-4-5-7(2)8(10)6-9/h3-4,7-10H,5-6H2,1-2H3/t7-,8+/m1/s1. The van der Waals surface area contributed by atoms with E-state index in [1.54, 1.807) is 0 Å². The molecule has 0 bridgehead atoms. The summed E-state index contributed by atoms with van der Waals surface area (Å²) in [4.78, 5) is 0. The van der Waals surface area contributed by atoms with E-state index >= 15 is 0 Å². The third-order valence-electron chi connectivity index (χ3n) is 1.59. The Morgan fingerprint density at radius 1 is 1.50 bits per heavy atom. The summed E-state index contributed by atoms with van der Waals surface area (Å²) in [5.41, 5.74) is 0. The predicted octanol–water partition coefficient (Wildman–Crippen LogP) is 0.942. The molecular formula is C8H16O2. The van der Waals surface area contributed by atoms with Crippen molar-refractivity contribution in [3.8, 4) is 0 Å². The molecule has 0 aliphatic rings. The third-order valence-corrected chi connectivity index (χ3v) is 1.59. The Morgan fingerprint density at radius 2 is 2.10 bits per heavy atom. The molecule has 0 rings (SSSR count). The van der Waals surface area contributed by atoms with Gasteiger partial charge in [0.1, 0.15) is 0 Å². The largest absolute Gasteiger partial charge is 0.394 e. The van der Waals surface area contributed by atoms with E-state index in [1.165, 1.54) is 0 Å². The Balaban J connectivity index is 3.50. The van der Waals surface area contributed by atoms with Gasteiger partial charge < -0.3 is 10.2 Å². The molecule has 0 radical (unpaired) electrons. The van der Waals surface area contributed by atoms with Crippen molar-refractivity contribution >= 4 is 0 Å². The first-order valence-corrected chi connectivity index (χ1v) is 3.62. The lowest BCUT2D eigenvalue weighted by atomic mass is 10.0. The molecule has 0 saturated carbocycles. The van der Waals surface area contributed by atoms with Crippen LogP contribution in [0.4, 0.5) is 0 Å². The van der Waals surface area contributed by atoms with E-state index in [2.05, 4.69) is 0 Å². The molecule has 2 nitrogen and oxygen atoms in total. The molecule has 0 heterocycles. The molecule has 2 N–H and O–H groups in total. The number of rotatable bonds is 4. The second-order valence-corrected chi connectivity index (χ2v) is 2.53. The predicted molar refractivity (Wildman–Crippen MR) is 41.7 cm³/mol. The average molecular weight is 144 g/mol. The van der Waals surface area contributed by atoms with Gasteiger partial charge in [0.05, 0.1) is 12.7 Å². The topological polar surface area (TPSA) is 40.5 Å². The average Bonchev–Trinajstić information content (AvgIpc) is 1.98. The van der Waals surface area contributed by atoms with Gasteiger partial charge in [-0.25, -0.2) is 0 Å². The molecular weight excluding hydrogens is 128 g/mol. The zero-order valence-corrected chi connectivity index (χ0v) is 6.62. The fourth-order valence-corrected chi connectivity index (χ4v) is 0.688. The summed E-state index contributed by atoms with van der Waals surface area (Å²) in [5.74, 6) is 0.154. The number of hydrogen-bond donors (Lipinski definition) is 2. The van der Waals surface area contributed by atoms with Crippen LogP contribution in [0, 0.1) is 5.92 Å². The Kier molecular flexibility index (Phi) is 5.26. The molecule has 0 fully saturated rings. The number of aliphatic hydroxyl groups is 2. The van der Waals surface area contributed by atoms with E-state index in [0.29, 0.717) is 0 Å². The summed E-state index contributed by atoms with van der Waals surface area (Å²) < 4.78 is 0. The van der Waals surface area contributed by atoms with Gasteiger partial charge >= 0.3 is 0 Å². The summed E-state index contributed by atoms with van der Waals surface area (Å²) in [5, 5.41) is 17.6. The van der Waals surface area contributed by atoms with Crippen LogP contribution in [0.3, 0.4) is 0 Å². The summed E-state index contributed by atoms with van der Waals surface area (Å²) in [7, 11) is 0. The molecule has 0 saturated heterocycles. The van der Waals surface area contributed by atoms with Gasteiger partial charge in [-0.05, 0) is 19.3 Å². The van der Waals surface area contributed by atoms with Crippen LogP contribution in [-0.2, 0) is 0 Å². The van der Waals surface area contributed by atoms with Crippen LogP contribution in [-0.4, -0.2) is 22.9 Å². The van der Waals surface area contributed by atoms with Gasteiger partial charge in [-0.15, -0.1) is 0 Å². The second kappa shape index (κ2) is 5.45. The van der Waals surface area contributed by atoms with Crippen LogP contribution < -0.4 is 0 Å². The second-order valence-electron chi connectivity index (χ2n) is 2.53. The van der Waals surface area contributed by atoms with Gasteiger partial charge in [0, 0.05) is 0 Å². The molecule has 60 valence electrons. The van der Waals surface area contributed by atoms with Crippen molar-refractivity contribution < 1.29 is 10.2 Å². The van der Waals surface area contributed by atoms with Crippen molar-refractivity contribution in [1.82, 2.24) is 0 Å². The number of hydrogen-bond acceptors (Lipinski definition) is 2. The Morgan fingerprint density at radius 3 is 2.50 bits per heavy atom. The van der Waals surface area contributed by atoms with Crippen LogP contribution in [0.5, 0.6) is 0 Å². The summed E-state index contributed by atoms with van der Waals surface area (Å²) in [6, 6.07) is 0. The van der Waals surface area contributed by atoms with E-state index < -0.39 is 6.10 Å². The minimum atomic E-state index is -0.573. The van der Waals surface area contributed by atoms with E-state index in [1.807, 2.05) is 26.0 Å². The minimum absolute atomic E-state index is 0.140. The van der Waals surface area contributed by atoms with Gasteiger partial charge in [0.15, 0.2) is 0 Å². The van der Waals surface area contributed by atoms with Gasteiger partial charge in [0.25, 0.3) is 0 Å². The number of aliphatic hydroxyl groups excluding tert-OH is 2. The Labute approximate surface area is 62.2 Å². The zero-order valence-electron chi connectivity index (χ0n) is 6.62. The van der Waals surface area contributed by atoms with Gasteiger partial charge in [-0.2, -0.15) is 0 Å². The quantitative estimate of drug-likeness (QED) is 0.576. The van der Waals surface area contributed by atoms with Gasteiger partial charge in [0.2, 0.25) is 0 Å². The lowest BCUT2D eigenvalue weighted by Gasteiger charge is -2.13. The van der Waals surface area contributed by atoms with Gasteiger partial charge in [-0.1, -0.05) is 19.1 Å². The highest BCUT2D eigenvalue weighted by molar-refractivity contribution is 4.81. The van der Waals surface area contributed by atoms with Crippen molar-refractivity contribution in [2.75, 3.05) is 6.61 Å². The molecule has 0 unspecified atom stereocenters. The third kappa shape index (κ3) is 3.64. The van der Waals surface area contributed by atoms with E-state index in [-0.39, 0.29) is 12.5 Å². The molecule has 0 aliphatic heterocycles. The van der Waals surface area contributed by atoms with Crippen LogP contribution in [0.25, 0.3) is 0 Å². The first-order valence-electron chi connectivity index (χ1n) is 3.62. The molecule has 0 aliphatic carbocycles. The van der Waals surface area contributed by atoms with Crippen LogP contribution in [0.1, 0.15) is 20.3 Å². The molecule has 0 aromatic rings. The molecule has 0 aromatic heterocycles. The Bertz CT molecular complexity index is 99.4. The van der Waals surface area contributed by atoms with Crippen LogP contribution in [0.15, 0.2) is 12.2 Å². The van der Waals surface area contributed by atoms with Crippen molar-refractivity contribution in [3.05, 3.63) is 12.2 Å². The molecule has 0 spiro atoms. The zero-order chi connectivity index (χ0) is 7.98. The van der Waals surface area contributed by atoms with Crippen molar-refractivity contribution in [2.24, 2.45) is 5.92 Å². The minimum Gasteiger partial charge on any atom is -0.394 e. The molecule has 10 heavy (non-hydrogen) atoms. The van der Waals surface area contributed by atoms with Crippen LogP contribution in [0.2, 0.25) is 0 Å². The van der Waals surface area contributed by atoms with E-state index in [0.717, 1.165) is 6.42 Å². The van der Waals surface area contributed by atoms with E-state index in [9.17, 15) is 0 Å². The summed E-state index contributed by atoms with van der Waals surface area (Å²) in [6.07, 6.45) is 4.19. The maximum absolute atomic E-state index is 9.07. The highest BCUT2D eigenvalue weighted by Crippen LogP contribution is 2.07. The summed E-state index contributed by atoms with van der Waals surface area (Å²) in [6.45, 7) is 3.72. The fraction of sp³-hybridized carbons (Fsp3) is 0.750. The monoisotopic (exact) mass is 144 g/mol. The highest BCUT2D eigenvalue weighted by Gasteiger charge is 2.09. The summed E-state index contributed by atoms with van der Waals surface area (Å²) >= 11 is 0. The smallest absolute Gasteiger partial charge is 0.0799 e. The van der Waals surface area contributed by atoms with Crippen LogP contribution >= 0.6 is 0 Å². The normalized spacial score (nSPS) is 17.6. The molecule has 2 atom stereocenters. The van der Waals surface area contributed by atoms with Crippen molar-refractivity contribution in [3.63, 3.8) is 0 Å². The highest BCUT2D eigenvalue weighted by atomic mass is 16.3. The maximum atomic E-state index is 9.07. The first-order chi connectivity index (χ1) is 4.72. The van der Waals surface area contributed by atoms with Gasteiger partial charge in [-0.3, -0.25) is 0 Å².